The number of benzene rings is 1. The number of anilines is 1. The fraction of sp³-hybridized carbons (Fsp3) is 0.577. The summed E-state index contributed by atoms with van der Waals surface area (Å²) >= 11 is 0. The van der Waals surface area contributed by atoms with E-state index in [1.165, 1.54) is 4.90 Å². The molecule has 0 aliphatic carbocycles. The van der Waals surface area contributed by atoms with E-state index in [9.17, 15) is 73.2 Å². The number of nitrogens with one attached hydrogen (secondary N) is 3. The lowest BCUT2D eigenvalue weighted by atomic mass is 10.0. The molecule has 0 spiro atoms. The van der Waals surface area contributed by atoms with Gasteiger partial charge in [-0.15, -0.1) is 10.1 Å². The van der Waals surface area contributed by atoms with Crippen molar-refractivity contribution < 1.29 is 83.0 Å². The Balaban J connectivity index is 0.000000538. The van der Waals surface area contributed by atoms with E-state index in [0.29, 0.717) is 73.7 Å². The molecule has 77 heavy (non-hydrogen) atoms. The van der Waals surface area contributed by atoms with Crippen LogP contribution in [-0.2, 0) is 75.7 Å². The summed E-state index contributed by atoms with van der Waals surface area (Å²) in [7, 11) is 1.61. The van der Waals surface area contributed by atoms with Crippen LogP contribution in [0.5, 0.6) is 0 Å². The first-order valence-corrected chi connectivity index (χ1v) is 26.0. The molecule has 2 saturated heterocycles. The van der Waals surface area contributed by atoms with Gasteiger partial charge in [-0.05, 0) is 73.9 Å². The van der Waals surface area contributed by atoms with Crippen molar-refractivity contribution >= 4 is 70.9 Å². The van der Waals surface area contributed by atoms with Gasteiger partial charge in [0, 0.05) is 83.9 Å². The zero-order valence-electron chi connectivity index (χ0n) is 43.8. The van der Waals surface area contributed by atoms with Crippen molar-refractivity contribution in [3.63, 3.8) is 0 Å². The van der Waals surface area contributed by atoms with E-state index in [0.717, 1.165) is 86.8 Å². The van der Waals surface area contributed by atoms with Gasteiger partial charge in [0.1, 0.15) is 0 Å². The number of hydrogen-bond acceptors (Lipinski definition) is 16. The largest absolute Gasteiger partial charge is 0.480 e. The number of nitrogens with zero attached hydrogens (tertiary/aromatic N) is 5. The fourth-order valence-corrected chi connectivity index (χ4v) is 8.23. The fourth-order valence-electron chi connectivity index (χ4n) is 8.23. The molecule has 424 valence electrons. The molecular weight excluding hydrogens is 1010 g/mol. The highest BCUT2D eigenvalue weighted by Gasteiger charge is 2.31. The maximum Gasteiger partial charge on any atom is 0.317 e. The van der Waals surface area contributed by atoms with Crippen LogP contribution in [-0.4, -0.2) is 163 Å². The highest BCUT2D eigenvalue weighted by atomic mass is 17.3. The predicted molar refractivity (Wildman–Crippen MR) is 274 cm³/mol. The Morgan fingerprint density at radius 2 is 1.03 bits per heavy atom. The average molecular weight is 1080 g/mol. The van der Waals surface area contributed by atoms with Crippen LogP contribution in [0.4, 0.5) is 5.69 Å². The number of hydroxylamine groups is 2. The van der Waals surface area contributed by atoms with Gasteiger partial charge in [-0.25, -0.2) is 4.89 Å². The van der Waals surface area contributed by atoms with Crippen LogP contribution in [0.15, 0.2) is 36.4 Å². The van der Waals surface area contributed by atoms with Gasteiger partial charge in [-0.3, -0.25) is 72.4 Å². The van der Waals surface area contributed by atoms with E-state index in [1.54, 1.807) is 43.4 Å². The molecule has 0 unspecified atom stereocenters. The summed E-state index contributed by atoms with van der Waals surface area (Å²) in [6.45, 7) is -1.33. The van der Waals surface area contributed by atoms with E-state index in [2.05, 4.69) is 20.9 Å². The minimum Gasteiger partial charge on any atom is -0.480 e. The van der Waals surface area contributed by atoms with Crippen molar-refractivity contribution in [2.45, 2.75) is 142 Å². The lowest BCUT2D eigenvalue weighted by Gasteiger charge is -2.21. The molecular formula is C52H74N8O17. The Kier molecular flexibility index (Phi) is 29.9. The SMILES string of the molecule is CNC(=O)CCCCCCC(=O)NCCCCCC(=O)Nc1cccc(-c2cc(CN(CC(=O)O)CC(=O)O)nc(CN(CC(=O)O)CC(=O)O)c2)c1.O=C1CCC(=O)N1CCCCCCCCOON1C(=O)CCC1=O. The maximum atomic E-state index is 12.7. The second kappa shape index (κ2) is 35.9. The van der Waals surface area contributed by atoms with Gasteiger partial charge in [-0.1, -0.05) is 57.1 Å². The first kappa shape index (κ1) is 64.1. The number of hydrogen-bond donors (Lipinski definition) is 7. The molecule has 25 heteroatoms. The third-order valence-corrected chi connectivity index (χ3v) is 12.0. The lowest BCUT2D eigenvalue weighted by molar-refractivity contribution is -0.393. The zero-order valence-corrected chi connectivity index (χ0v) is 43.8. The highest BCUT2D eigenvalue weighted by molar-refractivity contribution is 6.02. The van der Waals surface area contributed by atoms with Crippen molar-refractivity contribution in [3.8, 4) is 11.1 Å². The van der Waals surface area contributed by atoms with Crippen LogP contribution in [0.1, 0.15) is 140 Å². The van der Waals surface area contributed by atoms with Gasteiger partial charge >= 0.3 is 23.9 Å². The molecule has 2 aliphatic heterocycles. The van der Waals surface area contributed by atoms with Gasteiger partial charge in [-0.2, -0.15) is 0 Å². The Hall–Kier alpha value is -7.22. The van der Waals surface area contributed by atoms with Crippen molar-refractivity contribution in [3.05, 3.63) is 47.8 Å². The summed E-state index contributed by atoms with van der Waals surface area (Å²) in [5.74, 6) is -6.03. The summed E-state index contributed by atoms with van der Waals surface area (Å²) in [5, 5.41) is 46.2. The number of rotatable bonds is 38. The number of aromatic nitrogens is 1. The third kappa shape index (κ3) is 27.4. The number of carbonyl (C=O) groups is 11. The number of carboxylic acids is 4. The number of imide groups is 2. The molecule has 2 aromatic rings. The number of carboxylic acid groups (broad SMARTS) is 4. The number of carbonyl (C=O) groups excluding carboxylic acids is 7. The van der Waals surface area contributed by atoms with Crippen molar-refractivity contribution in [2.75, 3.05) is 58.2 Å². The van der Waals surface area contributed by atoms with E-state index >= 15 is 0 Å². The van der Waals surface area contributed by atoms with Crippen LogP contribution < -0.4 is 16.0 Å². The van der Waals surface area contributed by atoms with Gasteiger partial charge < -0.3 is 36.4 Å². The number of amides is 7. The summed E-state index contributed by atoms with van der Waals surface area (Å²) < 4.78 is 0. The monoisotopic (exact) mass is 1080 g/mol. The zero-order chi connectivity index (χ0) is 56.5. The van der Waals surface area contributed by atoms with Crippen LogP contribution in [0.25, 0.3) is 11.1 Å². The smallest absolute Gasteiger partial charge is 0.317 e. The standard InChI is InChI=1S/C36H50N6O11.C16H24N2O6/c1-37-30(43)12-5-2-3-6-13-31(44)38-15-8-4-7-14-32(45)40-27-11-9-10-25(16-27)26-17-28(19-41(21-33(46)47)22-34(48)49)39-29(18-26)20-42(23-35(50)51)24-36(52)53;19-13-7-8-14(20)17(13)11-5-3-1-2-4-6-12-23-24-18-15(21)9-10-16(18)22/h9-11,16-18H,2-8,12-15,19-24H2,1H3,(H,37,43)(H,38,44)(H,40,45)(H,46,47)(H,48,49)(H,50,51)(H,52,53);1-12H2. The van der Waals surface area contributed by atoms with Gasteiger partial charge in [0.15, 0.2) is 0 Å². The molecule has 0 bridgehead atoms. The predicted octanol–water partition coefficient (Wildman–Crippen LogP) is 3.88. The van der Waals surface area contributed by atoms with Crippen LogP contribution in [0.2, 0.25) is 0 Å². The highest BCUT2D eigenvalue weighted by Crippen LogP contribution is 2.26. The summed E-state index contributed by atoms with van der Waals surface area (Å²) in [4.78, 5) is 145. The minimum atomic E-state index is -1.25. The van der Waals surface area contributed by atoms with Crippen LogP contribution >= 0.6 is 0 Å². The van der Waals surface area contributed by atoms with E-state index in [-0.39, 0.29) is 85.1 Å². The second-order valence-electron chi connectivity index (χ2n) is 18.6. The Labute approximate surface area is 446 Å². The number of pyridine rings is 1. The summed E-state index contributed by atoms with van der Waals surface area (Å²) in [6, 6.07) is 10.1. The molecule has 7 amide bonds. The molecule has 0 atom stereocenters. The molecule has 2 fully saturated rings. The molecule has 4 rings (SSSR count). The summed E-state index contributed by atoms with van der Waals surface area (Å²) in [5.41, 5.74) is 2.18. The maximum absolute atomic E-state index is 12.7. The first-order chi connectivity index (χ1) is 36.8. The molecule has 1 aromatic carbocycles. The van der Waals surface area contributed by atoms with Gasteiger partial charge in [0.25, 0.3) is 11.8 Å². The number of aliphatic carboxylic acids is 4. The average Bonchev–Trinajstić information content (AvgIpc) is 3.86. The van der Waals surface area contributed by atoms with E-state index in [1.807, 2.05) is 0 Å². The summed E-state index contributed by atoms with van der Waals surface area (Å²) in [6.07, 6.45) is 13.3. The molecule has 0 saturated carbocycles. The normalized spacial score (nSPS) is 13.2. The van der Waals surface area contributed by atoms with Crippen molar-refractivity contribution in [1.82, 2.24) is 35.4 Å². The van der Waals surface area contributed by atoms with Crippen molar-refractivity contribution in [2.24, 2.45) is 0 Å². The molecule has 1 aromatic heterocycles. The molecule has 7 N–H and O–H groups in total. The minimum absolute atomic E-state index is 0.0157. The lowest BCUT2D eigenvalue weighted by Crippen LogP contribution is -2.35. The van der Waals surface area contributed by atoms with E-state index in [4.69, 9.17) is 9.88 Å². The number of likely N-dealkylation sites (tertiary alicyclic amines) is 1. The topological polar surface area (TPSA) is 349 Å². The van der Waals surface area contributed by atoms with E-state index < -0.39 is 50.1 Å². The Morgan fingerprint density at radius 1 is 0.558 bits per heavy atom. The number of unbranched alkanes of at least 4 members (excludes halogenated alkanes) is 10. The molecule has 25 nitrogen and oxygen atoms in total. The van der Waals surface area contributed by atoms with Crippen molar-refractivity contribution in [1.29, 1.82) is 0 Å². The van der Waals surface area contributed by atoms with Gasteiger partial charge in [0.2, 0.25) is 29.5 Å². The second-order valence-corrected chi connectivity index (χ2v) is 18.6. The Bertz CT molecular complexity index is 2170. The van der Waals surface area contributed by atoms with Crippen LogP contribution in [0.3, 0.4) is 0 Å². The van der Waals surface area contributed by atoms with Gasteiger partial charge in [0.05, 0.1) is 44.2 Å². The molecule has 3 heterocycles. The third-order valence-electron chi connectivity index (χ3n) is 12.0. The first-order valence-electron chi connectivity index (χ1n) is 26.0. The molecule has 2 aliphatic rings. The van der Waals surface area contributed by atoms with Crippen LogP contribution in [0, 0.1) is 0 Å². The quantitative estimate of drug-likeness (QED) is 0.0217. The Morgan fingerprint density at radius 3 is 1.56 bits per heavy atom. The molecule has 0 radical (unpaired) electrons.